The molecule has 5 nitrogen and oxygen atoms in total. The van der Waals surface area contributed by atoms with Crippen molar-refractivity contribution in [3.63, 3.8) is 0 Å². The Morgan fingerprint density at radius 2 is 1.81 bits per heavy atom. The number of aromatic hydroxyl groups is 1. The van der Waals surface area contributed by atoms with E-state index in [1.165, 1.54) is 18.9 Å². The van der Waals surface area contributed by atoms with Crippen LogP contribution in [0.15, 0.2) is 12.1 Å². The predicted molar refractivity (Wildman–Crippen MR) is 107 cm³/mol. The van der Waals surface area contributed by atoms with Crippen LogP contribution in [0.25, 0.3) is 0 Å². The van der Waals surface area contributed by atoms with E-state index in [0.29, 0.717) is 23.9 Å². The fraction of sp³-hybridized carbons (Fsp3) is 0.636. The largest absolute Gasteiger partial charge is 0.505 e. The van der Waals surface area contributed by atoms with E-state index in [-0.39, 0.29) is 17.4 Å². The zero-order valence-electron chi connectivity index (χ0n) is 16.6. The number of carbonyl (C=O) groups is 2. The van der Waals surface area contributed by atoms with Crippen LogP contribution in [0.2, 0.25) is 0 Å². The number of phenolic OH excluding ortho intramolecular Hbond substituents is 1. The molecule has 2 N–H and O–H groups in total. The van der Waals surface area contributed by atoms with E-state index in [0.717, 1.165) is 57.3 Å². The topological polar surface area (TPSA) is 69.6 Å². The van der Waals surface area contributed by atoms with Crippen LogP contribution >= 0.6 is 0 Å². The van der Waals surface area contributed by atoms with Crippen LogP contribution in [0.3, 0.4) is 0 Å². The highest BCUT2D eigenvalue weighted by molar-refractivity contribution is 5.90. The number of Topliss-reactive ketones (excluding diaryl/α,β-unsaturated/α-hetero) is 1. The van der Waals surface area contributed by atoms with Gasteiger partial charge in [0, 0.05) is 18.9 Å². The zero-order chi connectivity index (χ0) is 19.4. The van der Waals surface area contributed by atoms with Gasteiger partial charge >= 0.3 is 0 Å². The van der Waals surface area contributed by atoms with Gasteiger partial charge in [-0.1, -0.05) is 12.5 Å². The Bertz CT molecular complexity index is 689. The van der Waals surface area contributed by atoms with Crippen molar-refractivity contribution in [2.24, 2.45) is 0 Å². The van der Waals surface area contributed by atoms with E-state index in [1.807, 2.05) is 6.07 Å². The highest BCUT2D eigenvalue weighted by Gasteiger charge is 2.31. The molecule has 5 heteroatoms. The number of benzene rings is 1. The Balaban J connectivity index is 1.70. The van der Waals surface area contributed by atoms with Crippen LogP contribution < -0.4 is 5.32 Å². The third-order valence-corrected chi connectivity index (χ3v) is 6.11. The summed E-state index contributed by atoms with van der Waals surface area (Å²) in [5, 5.41) is 13.6. The first-order valence-electron chi connectivity index (χ1n) is 10.3. The number of phenols is 1. The fourth-order valence-electron chi connectivity index (χ4n) is 4.42. The minimum absolute atomic E-state index is 0.156. The average Bonchev–Trinajstić information content (AvgIpc) is 2.57. The minimum atomic E-state index is -0.156. The molecule has 1 aliphatic carbocycles. The van der Waals surface area contributed by atoms with Crippen LogP contribution in [-0.4, -0.2) is 41.3 Å². The number of carbonyl (C=O) groups excluding carboxylic acids is 2. The fourth-order valence-corrected chi connectivity index (χ4v) is 4.42. The first-order chi connectivity index (χ1) is 13.0. The summed E-state index contributed by atoms with van der Waals surface area (Å²) in [4.78, 5) is 25.0. The van der Waals surface area contributed by atoms with Crippen molar-refractivity contribution >= 4 is 17.4 Å². The molecule has 1 amide bonds. The summed E-state index contributed by atoms with van der Waals surface area (Å²) in [7, 11) is 0. The molecule has 1 heterocycles. The van der Waals surface area contributed by atoms with Crippen molar-refractivity contribution in [1.82, 2.24) is 4.90 Å². The number of hydrogen-bond acceptors (Lipinski definition) is 4. The Hall–Kier alpha value is -1.88. The average molecular weight is 373 g/mol. The van der Waals surface area contributed by atoms with Gasteiger partial charge < -0.3 is 20.1 Å². The van der Waals surface area contributed by atoms with E-state index in [2.05, 4.69) is 16.3 Å². The van der Waals surface area contributed by atoms with Gasteiger partial charge in [0.1, 0.15) is 11.5 Å². The first-order valence-corrected chi connectivity index (χ1v) is 10.3. The van der Waals surface area contributed by atoms with Crippen LogP contribution in [-0.2, 0) is 9.59 Å². The molecule has 1 aromatic carbocycles. The maximum atomic E-state index is 11.4. The van der Waals surface area contributed by atoms with Gasteiger partial charge in [-0.3, -0.25) is 4.79 Å². The maximum absolute atomic E-state index is 11.4. The molecule has 0 bridgehead atoms. The number of amides is 1. The smallest absolute Gasteiger partial charge is 0.221 e. The quantitative estimate of drug-likeness (QED) is 0.705. The second-order valence-corrected chi connectivity index (χ2v) is 8.20. The number of nitrogens with one attached hydrogen (secondary N) is 1. The van der Waals surface area contributed by atoms with Gasteiger partial charge in [0.05, 0.1) is 5.69 Å². The molecule has 0 atom stereocenters. The van der Waals surface area contributed by atoms with Crippen LogP contribution in [0.1, 0.15) is 81.8 Å². The number of rotatable bonds is 7. The third kappa shape index (κ3) is 4.89. The van der Waals surface area contributed by atoms with Crippen molar-refractivity contribution in [3.05, 3.63) is 23.3 Å². The molecule has 1 aliphatic heterocycles. The van der Waals surface area contributed by atoms with Crippen LogP contribution in [0, 0.1) is 0 Å². The molecule has 1 saturated carbocycles. The molecular weight excluding hydrogens is 340 g/mol. The summed E-state index contributed by atoms with van der Waals surface area (Å²) < 4.78 is 0. The molecular formula is C22H32N2O3. The Morgan fingerprint density at radius 3 is 2.37 bits per heavy atom. The molecule has 3 rings (SSSR count). The van der Waals surface area contributed by atoms with Gasteiger partial charge in [-0.2, -0.15) is 0 Å². The molecule has 2 aliphatic rings. The molecule has 0 aromatic heterocycles. The van der Waals surface area contributed by atoms with E-state index >= 15 is 0 Å². The van der Waals surface area contributed by atoms with Crippen molar-refractivity contribution in [3.8, 4) is 5.75 Å². The molecule has 0 radical (unpaired) electrons. The molecule has 148 valence electrons. The van der Waals surface area contributed by atoms with Gasteiger partial charge in [-0.05, 0) is 82.1 Å². The number of ketones is 1. The molecule has 0 unspecified atom stereocenters. The number of anilines is 1. The lowest BCUT2D eigenvalue weighted by molar-refractivity contribution is -0.117. The van der Waals surface area contributed by atoms with E-state index in [1.54, 1.807) is 6.92 Å². The third-order valence-electron chi connectivity index (χ3n) is 6.11. The lowest BCUT2D eigenvalue weighted by atomic mass is 9.74. The van der Waals surface area contributed by atoms with E-state index < -0.39 is 0 Å². The summed E-state index contributed by atoms with van der Waals surface area (Å²) >= 11 is 0. The van der Waals surface area contributed by atoms with Crippen molar-refractivity contribution < 1.29 is 14.7 Å². The highest BCUT2D eigenvalue weighted by atomic mass is 16.3. The van der Waals surface area contributed by atoms with Crippen LogP contribution in [0.4, 0.5) is 5.69 Å². The van der Waals surface area contributed by atoms with Crippen molar-refractivity contribution in [1.29, 1.82) is 0 Å². The van der Waals surface area contributed by atoms with Gasteiger partial charge in [0.2, 0.25) is 5.91 Å². The Morgan fingerprint density at radius 1 is 1.11 bits per heavy atom. The van der Waals surface area contributed by atoms with Gasteiger partial charge in [0.15, 0.2) is 0 Å². The standard InChI is InChI=1S/C22H32N2O3/c1-15(25)5-4-12-24-13-10-17(11-14-24)19-8-9-20(23-16(2)26)22(27)21(19)18-6-3-7-18/h8-9,17-18,27H,3-7,10-14H2,1-2H3,(H,23,26). The highest BCUT2D eigenvalue weighted by Crippen LogP contribution is 2.48. The molecule has 1 saturated heterocycles. The number of nitrogens with zero attached hydrogens (tertiary/aromatic N) is 1. The normalized spacial score (nSPS) is 18.9. The van der Waals surface area contributed by atoms with E-state index in [4.69, 9.17) is 0 Å². The minimum Gasteiger partial charge on any atom is -0.505 e. The second kappa shape index (κ2) is 8.87. The van der Waals surface area contributed by atoms with Crippen molar-refractivity contribution in [2.75, 3.05) is 25.0 Å². The first kappa shape index (κ1) is 19.9. The summed E-state index contributed by atoms with van der Waals surface area (Å²) in [6.45, 7) is 6.21. The second-order valence-electron chi connectivity index (χ2n) is 8.20. The molecule has 2 fully saturated rings. The zero-order valence-corrected chi connectivity index (χ0v) is 16.6. The van der Waals surface area contributed by atoms with Gasteiger partial charge in [-0.25, -0.2) is 0 Å². The number of hydrogen-bond donors (Lipinski definition) is 2. The molecule has 27 heavy (non-hydrogen) atoms. The summed E-state index contributed by atoms with van der Waals surface area (Å²) in [6.07, 6.45) is 7.23. The van der Waals surface area contributed by atoms with Gasteiger partial charge in [0.25, 0.3) is 0 Å². The van der Waals surface area contributed by atoms with Crippen LogP contribution in [0.5, 0.6) is 5.75 Å². The number of likely N-dealkylation sites (tertiary alicyclic amines) is 1. The lowest BCUT2D eigenvalue weighted by Crippen LogP contribution is -2.34. The van der Waals surface area contributed by atoms with Gasteiger partial charge in [-0.15, -0.1) is 0 Å². The Labute approximate surface area is 162 Å². The predicted octanol–water partition coefficient (Wildman–Crippen LogP) is 4.17. The Kier molecular flexibility index (Phi) is 6.53. The molecule has 1 aromatic rings. The van der Waals surface area contributed by atoms with Crippen molar-refractivity contribution in [2.45, 2.75) is 70.6 Å². The SMILES string of the molecule is CC(=O)CCCN1CCC(c2ccc(NC(C)=O)c(O)c2C2CCC2)CC1. The van der Waals surface area contributed by atoms with E-state index in [9.17, 15) is 14.7 Å². The lowest BCUT2D eigenvalue weighted by Gasteiger charge is -2.36. The number of piperidine rings is 1. The maximum Gasteiger partial charge on any atom is 0.221 e. The monoisotopic (exact) mass is 372 g/mol. The summed E-state index contributed by atoms with van der Waals surface area (Å²) in [5.41, 5.74) is 2.88. The molecule has 0 spiro atoms. The summed E-state index contributed by atoms with van der Waals surface area (Å²) in [5.74, 6) is 1.27. The summed E-state index contributed by atoms with van der Waals surface area (Å²) in [6, 6.07) is 3.97.